The molecule has 22 aromatic rings. The molecule has 0 aliphatic heterocycles. The van der Waals surface area contributed by atoms with Gasteiger partial charge < -0.3 is 9.13 Å². The maximum atomic E-state index is 9.56. The molecule has 0 saturated carbocycles. The van der Waals surface area contributed by atoms with Crippen molar-refractivity contribution in [2.45, 2.75) is 0 Å². The van der Waals surface area contributed by atoms with Gasteiger partial charge in [-0.3, -0.25) is 0 Å². The third-order valence-electron chi connectivity index (χ3n) is 22.2. The maximum absolute atomic E-state index is 9.56. The summed E-state index contributed by atoms with van der Waals surface area (Å²) in [5.41, 5.74) is 18.1. The SMILES string of the molecule is [C-]#[N+]c1cc(-n2c3ccc(-c4nc(-c5ccccc5)nc(-c5ccccc5)n4)cc3c3cc(-c4nc(-c5ccccc5)nc(-c5ccccc5)n4)ccc32)c(-n2c3ccc(-c4nc(-c5ccccc5)nc(-c5ccccc5)n4)cc3c3cc(-c4nc(-c5ccccc5)nc(-c5ccccc5)n4)ccc32)cc1-c1nc(-c2ccccc2)cc(-c2ccccc2)n1. The number of hydrogen-bond acceptors (Lipinski definition) is 14. The van der Waals surface area contributed by atoms with Gasteiger partial charge in [0.15, 0.2) is 75.6 Å². The topological polar surface area (TPSA) is 195 Å². The fraction of sp³-hybridized carbons (Fsp3) is 0. The van der Waals surface area contributed by atoms with Crippen molar-refractivity contribution in [3.63, 3.8) is 0 Å². The van der Waals surface area contributed by atoms with Crippen LogP contribution in [0.5, 0.6) is 0 Å². The molecule has 15 aromatic carbocycles. The molecule has 124 heavy (non-hydrogen) atoms. The number of hydrogen-bond donors (Lipinski definition) is 0. The van der Waals surface area contributed by atoms with Crippen LogP contribution in [0.25, 0.3) is 230 Å². The summed E-state index contributed by atoms with van der Waals surface area (Å²) in [5, 5.41) is 3.36. The van der Waals surface area contributed by atoms with Crippen molar-refractivity contribution >= 4 is 49.3 Å². The van der Waals surface area contributed by atoms with Crippen molar-refractivity contribution in [2.75, 3.05) is 0 Å². The lowest BCUT2D eigenvalue weighted by Crippen LogP contribution is -2.05. The lowest BCUT2D eigenvalue weighted by Gasteiger charge is -2.20. The predicted octanol–water partition coefficient (Wildman–Crippen LogP) is 25.0. The van der Waals surface area contributed by atoms with Gasteiger partial charge in [-0.2, -0.15) is 0 Å². The minimum atomic E-state index is 0.298. The van der Waals surface area contributed by atoms with E-state index in [1.807, 2.05) is 315 Å². The molecule has 0 atom stereocenters. The summed E-state index contributed by atoms with van der Waals surface area (Å²) in [6.07, 6.45) is 0. The van der Waals surface area contributed by atoms with E-state index in [2.05, 4.69) is 92.8 Å². The molecule has 578 valence electrons. The van der Waals surface area contributed by atoms with Crippen LogP contribution in [-0.2, 0) is 0 Å². The van der Waals surface area contributed by atoms with Crippen LogP contribution in [-0.4, -0.2) is 78.9 Å². The molecule has 0 aliphatic carbocycles. The van der Waals surface area contributed by atoms with Gasteiger partial charge in [-0.15, -0.1) is 0 Å². The van der Waals surface area contributed by atoms with Gasteiger partial charge in [0.05, 0.1) is 51.4 Å². The third kappa shape index (κ3) is 13.8. The Bertz CT molecular complexity index is 7220. The van der Waals surface area contributed by atoms with Crippen LogP contribution in [0.2, 0.25) is 0 Å². The molecule has 0 spiro atoms. The van der Waals surface area contributed by atoms with Gasteiger partial charge in [0.2, 0.25) is 0 Å². The molecule has 0 saturated heterocycles. The highest BCUT2D eigenvalue weighted by Gasteiger charge is 2.28. The molecule has 7 heterocycles. The second-order valence-electron chi connectivity index (χ2n) is 29.9. The summed E-state index contributed by atoms with van der Waals surface area (Å²) in [6, 6.07) is 132. The summed E-state index contributed by atoms with van der Waals surface area (Å²) in [7, 11) is 0. The Morgan fingerprint density at radius 1 is 0.169 bits per heavy atom. The van der Waals surface area contributed by atoms with Gasteiger partial charge in [-0.05, 0) is 91.0 Å². The molecule has 0 N–H and O–H groups in total. The van der Waals surface area contributed by atoms with Crippen molar-refractivity contribution in [3.8, 4) is 182 Å². The van der Waals surface area contributed by atoms with E-state index in [1.54, 1.807) is 0 Å². The minimum absolute atomic E-state index is 0.298. The standard InChI is InChI=1S/C107H65N17/c1-108-88-66-94(124-91-58-54-79(105-119-99(73-44-24-8-25-45-73)113-100(120-105)74-46-26-9-27-47-74)62-83(91)84-63-80(55-59-92(84)124)106-121-101(75-48-28-10-29-49-75)114-102(122-106)76-50-30-11-31-51-76)93(64-85(88)107-109-86(67-32-12-2-13-33-67)65-87(110-107)68-34-14-3-15-35-68)123-89-56-52-77(103-115-95(69-36-16-4-17-37-69)111-96(116-103)70-38-18-5-19-39-70)60-81(89)82-61-78(53-57-90(82)123)104-117-97(71-40-20-6-21-41-71)112-98(118-104)72-42-22-7-23-43-72/h2-66H. The average molecular weight is 1590 g/mol. The highest BCUT2D eigenvalue weighted by molar-refractivity contribution is 6.14. The van der Waals surface area contributed by atoms with Crippen LogP contribution >= 0.6 is 0 Å². The normalized spacial score (nSPS) is 11.4. The van der Waals surface area contributed by atoms with Gasteiger partial charge >= 0.3 is 0 Å². The second-order valence-corrected chi connectivity index (χ2v) is 29.9. The van der Waals surface area contributed by atoms with Crippen LogP contribution < -0.4 is 0 Å². The maximum Gasteiger partial charge on any atom is 0.200 e. The Morgan fingerprint density at radius 3 is 0.573 bits per heavy atom. The second kappa shape index (κ2) is 31.4. The number of benzene rings is 15. The van der Waals surface area contributed by atoms with Gasteiger partial charge in [0, 0.05) is 105 Å². The number of rotatable bonds is 17. The summed E-state index contributed by atoms with van der Waals surface area (Å²) >= 11 is 0. The van der Waals surface area contributed by atoms with E-state index in [4.69, 9.17) is 69.8 Å². The molecule has 22 rings (SSSR count). The van der Waals surface area contributed by atoms with E-state index < -0.39 is 0 Å². The fourth-order valence-corrected chi connectivity index (χ4v) is 16.1. The zero-order valence-corrected chi connectivity index (χ0v) is 66.1. The van der Waals surface area contributed by atoms with E-state index in [0.717, 1.165) is 122 Å². The fourth-order valence-electron chi connectivity index (χ4n) is 16.1. The predicted molar refractivity (Wildman–Crippen MR) is 492 cm³/mol. The molecular formula is C107H65N17. The van der Waals surface area contributed by atoms with Crippen LogP contribution in [0.15, 0.2) is 394 Å². The zero-order valence-electron chi connectivity index (χ0n) is 66.1. The first-order valence-electron chi connectivity index (χ1n) is 40.6. The van der Waals surface area contributed by atoms with E-state index >= 15 is 0 Å². The molecule has 0 aliphatic rings. The van der Waals surface area contributed by atoms with Crippen molar-refractivity contribution < 1.29 is 0 Å². The van der Waals surface area contributed by atoms with E-state index in [0.29, 0.717) is 110 Å². The molecule has 0 bridgehead atoms. The Hall–Kier alpha value is -17.5. The van der Waals surface area contributed by atoms with E-state index in [-0.39, 0.29) is 0 Å². The van der Waals surface area contributed by atoms with Crippen LogP contribution in [0.3, 0.4) is 0 Å². The summed E-state index contributed by atoms with van der Waals surface area (Å²) in [6.45, 7) is 9.56. The van der Waals surface area contributed by atoms with Crippen molar-refractivity contribution in [1.82, 2.24) is 78.9 Å². The third-order valence-corrected chi connectivity index (χ3v) is 22.2. The van der Waals surface area contributed by atoms with Crippen LogP contribution in [0.1, 0.15) is 0 Å². The lowest BCUT2D eigenvalue weighted by atomic mass is 10.0. The average Bonchev–Trinajstić information content (AvgIpc) is 1.55. The van der Waals surface area contributed by atoms with E-state index in [1.165, 1.54) is 0 Å². The molecule has 17 nitrogen and oxygen atoms in total. The Kier molecular flexibility index (Phi) is 18.5. The Labute approximate surface area is 711 Å². The molecule has 0 unspecified atom stereocenters. The number of aromatic nitrogens is 16. The van der Waals surface area contributed by atoms with Gasteiger partial charge in [0.25, 0.3) is 0 Å². The summed E-state index contributed by atoms with van der Waals surface area (Å²) in [4.78, 5) is 78.5. The largest absolute Gasteiger partial charge is 0.308 e. The number of nitrogens with zero attached hydrogens (tertiary/aromatic N) is 17. The quantitative estimate of drug-likeness (QED) is 0.0781. The van der Waals surface area contributed by atoms with Gasteiger partial charge in [-0.25, -0.2) is 74.6 Å². The van der Waals surface area contributed by atoms with Crippen molar-refractivity contribution in [2.24, 2.45) is 0 Å². The van der Waals surface area contributed by atoms with Crippen LogP contribution in [0, 0.1) is 6.57 Å². The molecule has 0 fully saturated rings. The molecule has 0 amide bonds. The number of fused-ring (bicyclic) bond motifs is 6. The molecule has 0 radical (unpaired) electrons. The summed E-state index contributed by atoms with van der Waals surface area (Å²) < 4.78 is 4.56. The molecule has 7 aromatic heterocycles. The highest BCUT2D eigenvalue weighted by Crippen LogP contribution is 2.47. The van der Waals surface area contributed by atoms with Gasteiger partial charge in [-0.1, -0.05) is 303 Å². The van der Waals surface area contributed by atoms with E-state index in [9.17, 15) is 6.57 Å². The minimum Gasteiger partial charge on any atom is -0.308 e. The van der Waals surface area contributed by atoms with Crippen LogP contribution in [0.4, 0.5) is 5.69 Å². The molecular weight excluding hydrogens is 1520 g/mol. The first-order valence-corrected chi connectivity index (χ1v) is 40.6. The van der Waals surface area contributed by atoms with Crippen molar-refractivity contribution in [3.05, 3.63) is 406 Å². The Balaban J connectivity index is 0.847. The van der Waals surface area contributed by atoms with Crippen molar-refractivity contribution in [1.29, 1.82) is 0 Å². The monoisotopic (exact) mass is 1590 g/mol. The highest BCUT2D eigenvalue weighted by atomic mass is 15.1. The molecule has 17 heteroatoms. The zero-order chi connectivity index (χ0) is 82.4. The first kappa shape index (κ1) is 72.9. The lowest BCUT2D eigenvalue weighted by molar-refractivity contribution is 1.07. The Morgan fingerprint density at radius 2 is 0.363 bits per heavy atom. The first-order chi connectivity index (χ1) is 61.4. The smallest absolute Gasteiger partial charge is 0.200 e. The van der Waals surface area contributed by atoms with Gasteiger partial charge in [0.1, 0.15) is 5.82 Å². The summed E-state index contributed by atoms with van der Waals surface area (Å²) in [5.74, 6) is 6.39.